The van der Waals surface area contributed by atoms with Crippen molar-refractivity contribution in [3.63, 3.8) is 0 Å². The quantitative estimate of drug-likeness (QED) is 0.185. The first-order valence-electron chi connectivity index (χ1n) is 17.9. The van der Waals surface area contributed by atoms with Crippen molar-refractivity contribution in [1.29, 1.82) is 0 Å². The van der Waals surface area contributed by atoms with Gasteiger partial charge in [-0.15, -0.1) is 0 Å². The molecule has 0 radical (unpaired) electrons. The number of methoxy groups -OCH3 is 1. The van der Waals surface area contributed by atoms with Crippen molar-refractivity contribution in [2.24, 2.45) is 0 Å². The number of halogens is 2. The van der Waals surface area contributed by atoms with E-state index in [0.29, 0.717) is 77.9 Å². The Balaban J connectivity index is 1.33. The zero-order valence-electron chi connectivity index (χ0n) is 29.8. The number of pyridine rings is 1. The van der Waals surface area contributed by atoms with Gasteiger partial charge >= 0.3 is 6.01 Å². The third-order valence-electron chi connectivity index (χ3n) is 10.3. The Kier molecular flexibility index (Phi) is 10.5. The molecule has 274 valence electrons. The molecular formula is C38H47F2N5O6. The molecule has 1 unspecified atom stereocenters. The number of aliphatic hydroxyl groups excluding tert-OH is 1. The van der Waals surface area contributed by atoms with Gasteiger partial charge in [0.2, 0.25) is 0 Å². The Bertz CT molecular complexity index is 1880. The third-order valence-corrected chi connectivity index (χ3v) is 10.3. The summed E-state index contributed by atoms with van der Waals surface area (Å²) in [4.78, 5) is 18.3. The van der Waals surface area contributed by atoms with Gasteiger partial charge in [0.15, 0.2) is 18.9 Å². The van der Waals surface area contributed by atoms with E-state index >= 15 is 8.78 Å². The summed E-state index contributed by atoms with van der Waals surface area (Å²) in [6.07, 6.45) is 6.43. The number of hydrogen-bond acceptors (Lipinski definition) is 11. The van der Waals surface area contributed by atoms with E-state index in [4.69, 9.17) is 28.7 Å². The van der Waals surface area contributed by atoms with Crippen molar-refractivity contribution in [3.05, 3.63) is 47.7 Å². The molecule has 2 aromatic carbocycles. The fraction of sp³-hybridized carbons (Fsp3) is 0.553. The molecule has 11 nitrogen and oxygen atoms in total. The molecule has 0 amide bonds. The number of fused-ring (bicyclic) bond motifs is 2. The van der Waals surface area contributed by atoms with Crippen LogP contribution in [0.25, 0.3) is 32.9 Å². The van der Waals surface area contributed by atoms with Gasteiger partial charge in [-0.1, -0.05) is 13.0 Å². The van der Waals surface area contributed by atoms with E-state index in [1.807, 2.05) is 18.9 Å². The van der Waals surface area contributed by atoms with Crippen LogP contribution >= 0.6 is 0 Å². The van der Waals surface area contributed by atoms with Crippen LogP contribution in [0.3, 0.4) is 0 Å². The normalized spacial score (nSPS) is 24.5. The highest BCUT2D eigenvalue weighted by atomic mass is 19.1. The van der Waals surface area contributed by atoms with Crippen LogP contribution in [0.2, 0.25) is 0 Å². The highest BCUT2D eigenvalue weighted by Crippen LogP contribution is 2.40. The second kappa shape index (κ2) is 15.1. The van der Waals surface area contributed by atoms with Crippen molar-refractivity contribution in [2.45, 2.75) is 82.8 Å². The van der Waals surface area contributed by atoms with Gasteiger partial charge in [0, 0.05) is 51.2 Å². The summed E-state index contributed by atoms with van der Waals surface area (Å²) in [5.41, 5.74) is 0.354. The lowest BCUT2D eigenvalue weighted by Crippen LogP contribution is -2.50. The standard InChI is InChI=1S/C38H47F2N5O6/c1-5-27-30(39)11-10-23-15-26(50-22-47-4)17-28(32(23)27)34-33(40)35-29(18-41-34)36(43-37(42-35)49-20-24-16-25(46)19-44(24)3)45-13-8-12-38(2,21-45)51-31-9-6-7-14-48-31/h10-11,15,17-18,24-25,31,46H,5-9,12-14,16,19-22H2,1-4H3/t24-,25+,31?,38-/m0/s1. The summed E-state index contributed by atoms with van der Waals surface area (Å²) < 4.78 is 62.0. The van der Waals surface area contributed by atoms with Gasteiger partial charge in [-0.2, -0.15) is 9.97 Å². The SMILES string of the molecule is CCc1c(F)ccc2cc(OCOC)cc(-c3ncc4c(N5CCC[C@](C)(OC6CCCCO6)C5)nc(OC[C@@H]5C[C@@H](O)CN5C)nc4c3F)c12. The number of ether oxygens (including phenoxy) is 5. The molecule has 0 bridgehead atoms. The van der Waals surface area contributed by atoms with E-state index in [0.717, 1.165) is 32.1 Å². The number of likely N-dealkylation sites (N-methyl/N-ethyl adjacent to an activating group) is 1. The van der Waals surface area contributed by atoms with Crippen LogP contribution in [0, 0.1) is 11.6 Å². The number of aryl methyl sites for hydroxylation is 1. The Morgan fingerprint density at radius 2 is 1.98 bits per heavy atom. The Morgan fingerprint density at radius 1 is 1.12 bits per heavy atom. The molecule has 3 fully saturated rings. The van der Waals surface area contributed by atoms with E-state index < -0.39 is 17.5 Å². The zero-order chi connectivity index (χ0) is 35.7. The third kappa shape index (κ3) is 7.45. The molecule has 2 aromatic heterocycles. The Hall–Kier alpha value is -3.75. The molecule has 1 N–H and O–H groups in total. The fourth-order valence-electron chi connectivity index (χ4n) is 7.77. The summed E-state index contributed by atoms with van der Waals surface area (Å²) in [5.74, 6) is -0.139. The molecule has 51 heavy (non-hydrogen) atoms. The Morgan fingerprint density at radius 3 is 2.73 bits per heavy atom. The average Bonchev–Trinajstić information content (AvgIpc) is 3.45. The van der Waals surface area contributed by atoms with Crippen LogP contribution < -0.4 is 14.4 Å². The molecule has 4 aromatic rings. The van der Waals surface area contributed by atoms with Crippen molar-refractivity contribution >= 4 is 27.5 Å². The van der Waals surface area contributed by atoms with Crippen LogP contribution in [0.4, 0.5) is 14.6 Å². The minimum atomic E-state index is -0.683. The minimum Gasteiger partial charge on any atom is -0.468 e. The number of benzene rings is 2. The number of nitrogens with zero attached hydrogens (tertiary/aromatic N) is 5. The predicted molar refractivity (Wildman–Crippen MR) is 189 cm³/mol. The molecule has 0 saturated carbocycles. The highest BCUT2D eigenvalue weighted by molar-refractivity contribution is 6.01. The lowest BCUT2D eigenvalue weighted by Gasteiger charge is -2.43. The summed E-state index contributed by atoms with van der Waals surface area (Å²) in [6, 6.07) is 6.49. The number of piperidine rings is 1. The van der Waals surface area contributed by atoms with E-state index in [9.17, 15) is 5.11 Å². The maximum atomic E-state index is 17.2. The van der Waals surface area contributed by atoms with E-state index in [2.05, 4.69) is 21.8 Å². The average molecular weight is 708 g/mol. The molecular weight excluding hydrogens is 660 g/mol. The maximum Gasteiger partial charge on any atom is 0.319 e. The minimum absolute atomic E-state index is 0.00572. The predicted octanol–water partition coefficient (Wildman–Crippen LogP) is 6.01. The molecule has 3 saturated heterocycles. The number of aromatic nitrogens is 3. The molecule has 4 atom stereocenters. The summed E-state index contributed by atoms with van der Waals surface area (Å²) in [6.45, 7) is 6.55. The van der Waals surface area contributed by atoms with Crippen LogP contribution in [-0.4, -0.2) is 103 Å². The summed E-state index contributed by atoms with van der Waals surface area (Å²) in [5, 5.41) is 11.9. The molecule has 0 spiro atoms. The van der Waals surface area contributed by atoms with Gasteiger partial charge < -0.3 is 33.7 Å². The highest BCUT2D eigenvalue weighted by Gasteiger charge is 2.37. The van der Waals surface area contributed by atoms with Crippen molar-refractivity contribution in [2.75, 3.05) is 58.7 Å². The number of aliphatic hydroxyl groups is 1. The van der Waals surface area contributed by atoms with Gasteiger partial charge in [0.05, 0.1) is 17.1 Å². The number of β-amino-alcohol motifs (C(OH)–C–C–N with tert-alkyl or cyclic N) is 1. The molecule has 13 heteroatoms. The smallest absolute Gasteiger partial charge is 0.319 e. The van der Waals surface area contributed by atoms with Gasteiger partial charge in [-0.3, -0.25) is 9.88 Å². The largest absolute Gasteiger partial charge is 0.468 e. The van der Waals surface area contributed by atoms with Gasteiger partial charge in [0.1, 0.15) is 35.2 Å². The Labute approximate surface area is 296 Å². The van der Waals surface area contributed by atoms with Crippen molar-refractivity contribution < 1.29 is 37.6 Å². The molecule has 3 aliphatic rings. The first-order chi connectivity index (χ1) is 24.7. The van der Waals surface area contributed by atoms with E-state index in [1.165, 1.54) is 13.2 Å². The molecule has 7 rings (SSSR count). The number of hydrogen-bond donors (Lipinski definition) is 1. The monoisotopic (exact) mass is 707 g/mol. The van der Waals surface area contributed by atoms with E-state index in [1.54, 1.807) is 24.4 Å². The molecule has 0 aliphatic carbocycles. The molecule has 3 aliphatic heterocycles. The second-order valence-corrected chi connectivity index (χ2v) is 14.2. The van der Waals surface area contributed by atoms with Crippen LogP contribution in [-0.2, 0) is 20.6 Å². The van der Waals surface area contributed by atoms with Crippen molar-refractivity contribution in [1.82, 2.24) is 19.9 Å². The second-order valence-electron chi connectivity index (χ2n) is 14.2. The van der Waals surface area contributed by atoms with Gasteiger partial charge in [-0.05, 0) is 93.5 Å². The molecule has 5 heterocycles. The van der Waals surface area contributed by atoms with Crippen molar-refractivity contribution in [3.8, 4) is 23.0 Å². The lowest BCUT2D eigenvalue weighted by molar-refractivity contribution is -0.221. The zero-order valence-corrected chi connectivity index (χ0v) is 29.8. The van der Waals surface area contributed by atoms with E-state index in [-0.39, 0.29) is 48.8 Å². The lowest BCUT2D eigenvalue weighted by atomic mass is 9.93. The van der Waals surface area contributed by atoms with Crippen LogP contribution in [0.15, 0.2) is 30.5 Å². The summed E-state index contributed by atoms with van der Waals surface area (Å²) in [7, 11) is 3.45. The van der Waals surface area contributed by atoms with Gasteiger partial charge in [-0.25, -0.2) is 8.78 Å². The maximum absolute atomic E-state index is 17.2. The topological polar surface area (TPSA) is 112 Å². The first kappa shape index (κ1) is 35.6. The van der Waals surface area contributed by atoms with Gasteiger partial charge in [0.25, 0.3) is 0 Å². The number of likely N-dealkylation sites (tertiary alicyclic amines) is 1. The number of rotatable bonds is 11. The summed E-state index contributed by atoms with van der Waals surface area (Å²) >= 11 is 0. The first-order valence-corrected chi connectivity index (χ1v) is 17.9. The van der Waals surface area contributed by atoms with Crippen LogP contribution in [0.5, 0.6) is 11.8 Å². The number of anilines is 1. The fourth-order valence-corrected chi connectivity index (χ4v) is 7.77. The van der Waals surface area contributed by atoms with Crippen LogP contribution in [0.1, 0.15) is 57.9 Å².